The minimum absolute atomic E-state index is 0.0699. The minimum Gasteiger partial charge on any atom is -0.478 e. The second kappa shape index (κ2) is 5.10. The van der Waals surface area contributed by atoms with Gasteiger partial charge in [-0.3, -0.25) is 4.79 Å². The summed E-state index contributed by atoms with van der Waals surface area (Å²) in [4.78, 5) is 26.1. The van der Waals surface area contributed by atoms with Gasteiger partial charge in [0.2, 0.25) is 0 Å². The van der Waals surface area contributed by atoms with Gasteiger partial charge in [-0.1, -0.05) is 18.2 Å². The second-order valence-corrected chi connectivity index (χ2v) is 4.48. The van der Waals surface area contributed by atoms with Crippen molar-refractivity contribution in [1.82, 2.24) is 4.98 Å². The fourth-order valence-corrected chi connectivity index (χ4v) is 2.29. The number of carboxylic acid groups (broad SMARTS) is 1. The predicted octanol–water partition coefficient (Wildman–Crippen LogP) is 2.46. The first kappa shape index (κ1) is 12.4. The Morgan fingerprint density at radius 2 is 2.00 bits per heavy atom. The van der Waals surface area contributed by atoms with Gasteiger partial charge in [0.15, 0.2) is 0 Å². The normalized spacial score (nSPS) is 10.3. The van der Waals surface area contributed by atoms with Crippen LogP contribution in [0.1, 0.15) is 10.4 Å². The number of aromatic nitrogens is 1. The van der Waals surface area contributed by atoms with E-state index in [1.54, 1.807) is 0 Å². The van der Waals surface area contributed by atoms with Crippen LogP contribution >= 0.6 is 11.8 Å². The first-order chi connectivity index (χ1) is 8.63. The Morgan fingerprint density at radius 3 is 2.67 bits per heavy atom. The van der Waals surface area contributed by atoms with Crippen molar-refractivity contribution in [3.63, 3.8) is 0 Å². The van der Waals surface area contributed by atoms with Crippen LogP contribution in [0.3, 0.4) is 0 Å². The number of thioether (sulfide) groups is 1. The third kappa shape index (κ3) is 2.31. The third-order valence-electron chi connectivity index (χ3n) is 2.55. The summed E-state index contributed by atoms with van der Waals surface area (Å²) in [6.45, 7) is 0. The van der Waals surface area contributed by atoms with Gasteiger partial charge >= 0.3 is 5.97 Å². The molecule has 1 aromatic heterocycles. The Labute approximate surface area is 108 Å². The lowest BCUT2D eigenvalue weighted by Crippen LogP contribution is -2.11. The summed E-state index contributed by atoms with van der Waals surface area (Å²) in [6, 6.07) is 8.80. The van der Waals surface area contributed by atoms with Crippen molar-refractivity contribution in [1.29, 1.82) is 0 Å². The fraction of sp³-hybridized carbons (Fsp3) is 0.0769. The summed E-state index contributed by atoms with van der Waals surface area (Å²) in [5.41, 5.74) is 0.899. The highest BCUT2D eigenvalue weighted by molar-refractivity contribution is 7.98. The second-order valence-electron chi connectivity index (χ2n) is 3.64. The van der Waals surface area contributed by atoms with Crippen molar-refractivity contribution in [2.75, 3.05) is 6.26 Å². The molecule has 4 nitrogen and oxygen atoms in total. The maximum absolute atomic E-state index is 11.8. The largest absolute Gasteiger partial charge is 0.478 e. The lowest BCUT2D eigenvalue weighted by atomic mass is 10.1. The van der Waals surface area contributed by atoms with E-state index >= 15 is 0 Å². The Balaban J connectivity index is 2.66. The van der Waals surface area contributed by atoms with Crippen molar-refractivity contribution >= 4 is 17.7 Å². The predicted molar refractivity (Wildman–Crippen MR) is 71.2 cm³/mol. The highest BCUT2D eigenvalue weighted by Crippen LogP contribution is 2.28. The van der Waals surface area contributed by atoms with Crippen LogP contribution in [0.25, 0.3) is 11.1 Å². The molecular weight excluding hydrogens is 250 g/mol. The lowest BCUT2D eigenvalue weighted by Gasteiger charge is -2.06. The van der Waals surface area contributed by atoms with Crippen LogP contribution in [-0.2, 0) is 0 Å². The van der Waals surface area contributed by atoms with Crippen molar-refractivity contribution in [3.8, 4) is 11.1 Å². The van der Waals surface area contributed by atoms with Crippen LogP contribution in [0.15, 0.2) is 46.2 Å². The number of hydrogen-bond donors (Lipinski definition) is 2. The highest BCUT2D eigenvalue weighted by Gasteiger charge is 2.11. The molecule has 2 aromatic rings. The molecule has 0 atom stereocenters. The van der Waals surface area contributed by atoms with Crippen LogP contribution in [0.4, 0.5) is 0 Å². The number of carbonyl (C=O) groups is 1. The van der Waals surface area contributed by atoms with E-state index in [4.69, 9.17) is 5.11 Å². The van der Waals surface area contributed by atoms with Gasteiger partial charge < -0.3 is 10.1 Å². The zero-order valence-electron chi connectivity index (χ0n) is 9.64. The average Bonchev–Trinajstić information content (AvgIpc) is 2.39. The van der Waals surface area contributed by atoms with Crippen LogP contribution in [0, 0.1) is 0 Å². The molecule has 0 radical (unpaired) electrons. The van der Waals surface area contributed by atoms with Gasteiger partial charge in [0.05, 0.1) is 5.56 Å². The van der Waals surface area contributed by atoms with Crippen molar-refractivity contribution in [2.45, 2.75) is 4.90 Å². The van der Waals surface area contributed by atoms with Crippen molar-refractivity contribution in [2.24, 2.45) is 0 Å². The number of H-pyrrole nitrogens is 1. The van der Waals surface area contributed by atoms with Gasteiger partial charge in [-0.05, 0) is 18.4 Å². The number of rotatable bonds is 3. The SMILES string of the molecule is CSc1ccccc1-c1cc(C(=O)O)c[nH]c1=O. The maximum Gasteiger partial charge on any atom is 0.337 e. The molecule has 0 fully saturated rings. The Morgan fingerprint density at radius 1 is 1.28 bits per heavy atom. The molecule has 0 saturated carbocycles. The molecule has 0 amide bonds. The molecule has 0 aliphatic rings. The van der Waals surface area contributed by atoms with E-state index < -0.39 is 5.97 Å². The van der Waals surface area contributed by atoms with Crippen LogP contribution in [0.5, 0.6) is 0 Å². The van der Waals surface area contributed by atoms with Gasteiger partial charge in [0.1, 0.15) is 0 Å². The quantitative estimate of drug-likeness (QED) is 0.833. The number of hydrogen-bond acceptors (Lipinski definition) is 3. The minimum atomic E-state index is -1.06. The summed E-state index contributed by atoms with van der Waals surface area (Å²) in [5, 5.41) is 8.95. The van der Waals surface area contributed by atoms with Gasteiger partial charge in [-0.2, -0.15) is 0 Å². The molecule has 18 heavy (non-hydrogen) atoms. The fourth-order valence-electron chi connectivity index (χ4n) is 1.67. The first-order valence-corrected chi connectivity index (χ1v) is 6.45. The molecule has 92 valence electrons. The molecule has 0 aliphatic heterocycles. The van der Waals surface area contributed by atoms with Crippen molar-refractivity contribution in [3.05, 3.63) is 52.4 Å². The number of benzene rings is 1. The molecule has 0 bridgehead atoms. The number of nitrogens with one attached hydrogen (secondary N) is 1. The summed E-state index contributed by atoms with van der Waals surface area (Å²) in [6.07, 6.45) is 3.12. The topological polar surface area (TPSA) is 70.2 Å². The van der Waals surface area contributed by atoms with E-state index in [-0.39, 0.29) is 11.1 Å². The van der Waals surface area contributed by atoms with E-state index in [0.29, 0.717) is 5.56 Å². The van der Waals surface area contributed by atoms with E-state index in [1.807, 2.05) is 30.5 Å². The Bertz CT molecular complexity index is 649. The zero-order valence-corrected chi connectivity index (χ0v) is 10.5. The summed E-state index contributed by atoms with van der Waals surface area (Å²) < 4.78 is 0. The molecule has 0 unspecified atom stereocenters. The van der Waals surface area contributed by atoms with E-state index in [0.717, 1.165) is 10.5 Å². The zero-order chi connectivity index (χ0) is 13.1. The molecule has 0 spiro atoms. The average molecular weight is 261 g/mol. The summed E-state index contributed by atoms with van der Waals surface area (Å²) in [7, 11) is 0. The Kier molecular flexibility index (Phi) is 3.53. The molecule has 0 aliphatic carbocycles. The summed E-state index contributed by atoms with van der Waals surface area (Å²) in [5.74, 6) is -1.06. The molecule has 0 saturated heterocycles. The number of aromatic amines is 1. The van der Waals surface area contributed by atoms with E-state index in [2.05, 4.69) is 4.98 Å². The smallest absolute Gasteiger partial charge is 0.337 e. The van der Waals surface area contributed by atoms with Gasteiger partial charge in [-0.25, -0.2) is 4.79 Å². The van der Waals surface area contributed by atoms with Crippen LogP contribution in [0.2, 0.25) is 0 Å². The molecule has 1 heterocycles. The third-order valence-corrected chi connectivity index (χ3v) is 3.34. The monoisotopic (exact) mass is 261 g/mol. The number of pyridine rings is 1. The maximum atomic E-state index is 11.8. The van der Waals surface area contributed by atoms with Crippen molar-refractivity contribution < 1.29 is 9.90 Å². The molecule has 2 N–H and O–H groups in total. The Hall–Kier alpha value is -2.01. The van der Waals surface area contributed by atoms with Crippen LogP contribution in [-0.4, -0.2) is 22.3 Å². The van der Waals surface area contributed by atoms with E-state index in [1.165, 1.54) is 24.0 Å². The lowest BCUT2D eigenvalue weighted by molar-refractivity contribution is 0.0696. The van der Waals surface area contributed by atoms with E-state index in [9.17, 15) is 9.59 Å². The molecule has 1 aromatic carbocycles. The van der Waals surface area contributed by atoms with Gasteiger partial charge in [0, 0.05) is 22.2 Å². The number of carboxylic acids is 1. The number of aromatic carboxylic acids is 1. The van der Waals surface area contributed by atoms with Gasteiger partial charge in [0.25, 0.3) is 5.56 Å². The van der Waals surface area contributed by atoms with Gasteiger partial charge in [-0.15, -0.1) is 11.8 Å². The summed E-state index contributed by atoms with van der Waals surface area (Å²) >= 11 is 1.51. The standard InChI is InChI=1S/C13H11NO3S/c1-18-11-5-3-2-4-9(11)10-6-8(13(16)17)7-14-12(10)15/h2-7H,1H3,(H,14,15)(H,16,17). The first-order valence-electron chi connectivity index (χ1n) is 5.23. The molecule has 5 heteroatoms. The molecular formula is C13H11NO3S. The molecule has 2 rings (SSSR count). The van der Waals surface area contributed by atoms with Crippen LogP contribution < -0.4 is 5.56 Å². The highest BCUT2D eigenvalue weighted by atomic mass is 32.2.